The molecule has 1 aromatic heterocycles. The van der Waals surface area contributed by atoms with Crippen molar-refractivity contribution in [1.29, 1.82) is 0 Å². The molecule has 0 saturated heterocycles. The number of nitrogens with one attached hydrogen (secondary N) is 1. The summed E-state index contributed by atoms with van der Waals surface area (Å²) in [6.07, 6.45) is 0.0215. The number of rotatable bonds is 7. The van der Waals surface area contributed by atoms with Crippen molar-refractivity contribution >= 4 is 5.91 Å². The molecule has 0 aliphatic heterocycles. The number of ether oxygens (including phenoxy) is 2. The fourth-order valence-corrected chi connectivity index (χ4v) is 1.86. The van der Waals surface area contributed by atoms with Gasteiger partial charge >= 0.3 is 0 Å². The number of carbonyl (C=O) groups is 1. The van der Waals surface area contributed by atoms with E-state index in [-0.39, 0.29) is 25.2 Å². The lowest BCUT2D eigenvalue weighted by molar-refractivity contribution is -0.127. The quantitative estimate of drug-likeness (QED) is 0.850. The molecule has 2 rings (SSSR count). The average molecular weight is 304 g/mol. The molecule has 0 atom stereocenters. The molecular weight excluding hydrogens is 284 g/mol. The first-order chi connectivity index (χ1) is 10.6. The third kappa shape index (κ3) is 4.33. The second-order valence-electron chi connectivity index (χ2n) is 5.02. The molecule has 6 nitrogen and oxygen atoms in total. The lowest BCUT2D eigenvalue weighted by atomic mass is 10.1. The SMILES string of the molecule is COc1ccccc1-c1cc(CNC(=O)COC(C)C)on1. The number of methoxy groups -OCH3 is 1. The third-order valence-corrected chi connectivity index (χ3v) is 2.95. The number of hydrogen-bond acceptors (Lipinski definition) is 5. The van der Waals surface area contributed by atoms with Crippen molar-refractivity contribution in [3.63, 3.8) is 0 Å². The molecule has 1 aromatic carbocycles. The number of nitrogens with zero attached hydrogens (tertiary/aromatic N) is 1. The van der Waals surface area contributed by atoms with Crippen LogP contribution in [0.25, 0.3) is 11.3 Å². The van der Waals surface area contributed by atoms with Gasteiger partial charge in [0.15, 0.2) is 5.76 Å². The Hall–Kier alpha value is -2.34. The molecule has 118 valence electrons. The minimum atomic E-state index is -0.191. The van der Waals surface area contributed by atoms with Gasteiger partial charge in [-0.15, -0.1) is 0 Å². The van der Waals surface area contributed by atoms with Crippen LogP contribution in [0.1, 0.15) is 19.6 Å². The summed E-state index contributed by atoms with van der Waals surface area (Å²) in [7, 11) is 1.61. The van der Waals surface area contributed by atoms with E-state index >= 15 is 0 Å². The lowest BCUT2D eigenvalue weighted by Crippen LogP contribution is -2.28. The average Bonchev–Trinajstić information content (AvgIpc) is 2.99. The highest BCUT2D eigenvalue weighted by atomic mass is 16.5. The molecule has 0 radical (unpaired) electrons. The van der Waals surface area contributed by atoms with Gasteiger partial charge in [0.1, 0.15) is 18.1 Å². The zero-order valence-electron chi connectivity index (χ0n) is 13.0. The first kappa shape index (κ1) is 16.0. The van der Waals surface area contributed by atoms with Crippen LogP contribution in [0.2, 0.25) is 0 Å². The fourth-order valence-electron chi connectivity index (χ4n) is 1.86. The van der Waals surface area contributed by atoms with Gasteiger partial charge in [-0.1, -0.05) is 17.3 Å². The summed E-state index contributed by atoms with van der Waals surface area (Å²) in [5.41, 5.74) is 1.51. The molecule has 0 aliphatic carbocycles. The van der Waals surface area contributed by atoms with E-state index in [1.807, 2.05) is 38.1 Å². The van der Waals surface area contributed by atoms with E-state index < -0.39 is 0 Å². The van der Waals surface area contributed by atoms with Gasteiger partial charge in [0, 0.05) is 11.6 Å². The first-order valence-electron chi connectivity index (χ1n) is 7.07. The van der Waals surface area contributed by atoms with Crippen molar-refractivity contribution in [3.8, 4) is 17.0 Å². The molecule has 0 unspecified atom stereocenters. The topological polar surface area (TPSA) is 73.6 Å². The van der Waals surface area contributed by atoms with Crippen molar-refractivity contribution in [2.24, 2.45) is 0 Å². The number of aromatic nitrogens is 1. The van der Waals surface area contributed by atoms with Crippen LogP contribution in [0.5, 0.6) is 5.75 Å². The van der Waals surface area contributed by atoms with Crippen LogP contribution in [-0.2, 0) is 16.1 Å². The molecule has 1 heterocycles. The van der Waals surface area contributed by atoms with E-state index in [4.69, 9.17) is 14.0 Å². The van der Waals surface area contributed by atoms with Crippen LogP contribution in [0.15, 0.2) is 34.9 Å². The van der Waals surface area contributed by atoms with Crippen LogP contribution in [0, 0.1) is 0 Å². The molecule has 22 heavy (non-hydrogen) atoms. The van der Waals surface area contributed by atoms with E-state index in [1.54, 1.807) is 13.2 Å². The van der Waals surface area contributed by atoms with Crippen LogP contribution in [0.3, 0.4) is 0 Å². The minimum absolute atomic E-state index is 0.0215. The van der Waals surface area contributed by atoms with Gasteiger partial charge in [0.2, 0.25) is 5.91 Å². The standard InChI is InChI=1S/C16H20N2O4/c1-11(2)21-10-16(19)17-9-12-8-14(18-22-12)13-6-4-5-7-15(13)20-3/h4-8,11H,9-10H2,1-3H3,(H,17,19). The van der Waals surface area contributed by atoms with Crippen molar-refractivity contribution in [3.05, 3.63) is 36.1 Å². The largest absolute Gasteiger partial charge is 0.496 e. The van der Waals surface area contributed by atoms with Crippen molar-refractivity contribution < 1.29 is 18.8 Å². The fraction of sp³-hybridized carbons (Fsp3) is 0.375. The van der Waals surface area contributed by atoms with Gasteiger partial charge in [-0.3, -0.25) is 4.79 Å². The molecule has 0 bridgehead atoms. The molecule has 0 saturated carbocycles. The van der Waals surface area contributed by atoms with Gasteiger partial charge in [-0.25, -0.2) is 0 Å². The van der Waals surface area contributed by atoms with Gasteiger partial charge in [0.05, 0.1) is 19.8 Å². The van der Waals surface area contributed by atoms with E-state index in [0.29, 0.717) is 11.5 Å². The first-order valence-corrected chi connectivity index (χ1v) is 7.07. The molecule has 6 heteroatoms. The summed E-state index contributed by atoms with van der Waals surface area (Å²) >= 11 is 0. The Bertz CT molecular complexity index is 622. The van der Waals surface area contributed by atoms with E-state index in [2.05, 4.69) is 10.5 Å². The Morgan fingerprint density at radius 3 is 2.86 bits per heavy atom. The van der Waals surface area contributed by atoms with E-state index in [1.165, 1.54) is 0 Å². The second-order valence-corrected chi connectivity index (χ2v) is 5.02. The maximum absolute atomic E-state index is 11.6. The maximum Gasteiger partial charge on any atom is 0.246 e. The summed E-state index contributed by atoms with van der Waals surface area (Å²) in [6.45, 7) is 4.06. The zero-order valence-corrected chi connectivity index (χ0v) is 13.0. The van der Waals surface area contributed by atoms with Gasteiger partial charge in [0.25, 0.3) is 0 Å². The molecule has 0 spiro atoms. The van der Waals surface area contributed by atoms with Gasteiger partial charge in [-0.05, 0) is 26.0 Å². The Labute approximate surface area is 129 Å². The van der Waals surface area contributed by atoms with Gasteiger partial charge in [-0.2, -0.15) is 0 Å². The number of para-hydroxylation sites is 1. The Morgan fingerprint density at radius 2 is 2.14 bits per heavy atom. The summed E-state index contributed by atoms with van der Waals surface area (Å²) in [6, 6.07) is 9.32. The molecular formula is C16H20N2O4. The molecule has 1 amide bonds. The van der Waals surface area contributed by atoms with Crippen LogP contribution in [-0.4, -0.2) is 30.9 Å². The van der Waals surface area contributed by atoms with Crippen LogP contribution < -0.4 is 10.1 Å². The van der Waals surface area contributed by atoms with Gasteiger partial charge < -0.3 is 19.3 Å². The highest BCUT2D eigenvalue weighted by Crippen LogP contribution is 2.28. The second kappa shape index (κ2) is 7.61. The molecule has 0 aliphatic rings. The van der Waals surface area contributed by atoms with E-state index in [0.717, 1.165) is 11.3 Å². The highest BCUT2D eigenvalue weighted by Gasteiger charge is 2.11. The number of amides is 1. The predicted octanol–water partition coefficient (Wildman–Crippen LogP) is 2.39. The third-order valence-electron chi connectivity index (χ3n) is 2.95. The summed E-state index contributed by atoms with van der Waals surface area (Å²) in [4.78, 5) is 11.6. The smallest absolute Gasteiger partial charge is 0.246 e. The normalized spacial score (nSPS) is 10.7. The Kier molecular flexibility index (Phi) is 5.55. The summed E-state index contributed by atoms with van der Waals surface area (Å²) in [5.74, 6) is 1.10. The van der Waals surface area contributed by atoms with Crippen molar-refractivity contribution in [1.82, 2.24) is 10.5 Å². The van der Waals surface area contributed by atoms with Crippen LogP contribution >= 0.6 is 0 Å². The Balaban J connectivity index is 1.96. The minimum Gasteiger partial charge on any atom is -0.496 e. The van der Waals surface area contributed by atoms with Crippen molar-refractivity contribution in [2.45, 2.75) is 26.5 Å². The number of carbonyl (C=O) groups excluding carboxylic acids is 1. The summed E-state index contributed by atoms with van der Waals surface area (Å²) < 4.78 is 15.7. The van der Waals surface area contributed by atoms with E-state index in [9.17, 15) is 4.79 Å². The molecule has 1 N–H and O–H groups in total. The maximum atomic E-state index is 11.6. The molecule has 0 fully saturated rings. The number of benzene rings is 1. The lowest BCUT2D eigenvalue weighted by Gasteiger charge is -2.06. The monoisotopic (exact) mass is 304 g/mol. The predicted molar refractivity (Wildman–Crippen MR) is 81.4 cm³/mol. The highest BCUT2D eigenvalue weighted by molar-refractivity contribution is 5.77. The Morgan fingerprint density at radius 1 is 1.36 bits per heavy atom. The van der Waals surface area contributed by atoms with Crippen LogP contribution in [0.4, 0.5) is 0 Å². The number of hydrogen-bond donors (Lipinski definition) is 1. The van der Waals surface area contributed by atoms with Crippen molar-refractivity contribution in [2.75, 3.05) is 13.7 Å². The summed E-state index contributed by atoms with van der Waals surface area (Å²) in [5, 5.41) is 6.73. The molecule has 2 aromatic rings. The zero-order chi connectivity index (χ0) is 15.9.